The molecule has 0 aliphatic carbocycles. The van der Waals surface area contributed by atoms with Crippen LogP contribution in [-0.2, 0) is 33.2 Å². The number of unbranched alkanes of at least 4 members (excludes halogenated alkanes) is 14. The highest BCUT2D eigenvalue weighted by Crippen LogP contribution is 2.26. The summed E-state index contributed by atoms with van der Waals surface area (Å²) in [4.78, 5) is 12.6. The number of allylic oxidation sites excluding steroid dienone is 4. The van der Waals surface area contributed by atoms with Crippen LogP contribution in [0.15, 0.2) is 24.3 Å². The average molecular weight is 805 g/mol. The summed E-state index contributed by atoms with van der Waals surface area (Å²) in [5.41, 5.74) is 0. The Hall–Kier alpha value is -1.53. The van der Waals surface area contributed by atoms with Crippen molar-refractivity contribution in [2.24, 2.45) is 0 Å². The van der Waals surface area contributed by atoms with Crippen LogP contribution in [0.4, 0.5) is 0 Å². The highest BCUT2D eigenvalue weighted by atomic mass is 16.7. The van der Waals surface area contributed by atoms with Gasteiger partial charge in [0.25, 0.3) is 0 Å². The molecule has 11 unspecified atom stereocenters. The fraction of sp³-hybridized carbons (Fsp3) is 0.881. The lowest BCUT2D eigenvalue weighted by Crippen LogP contribution is -2.61. The quantitative estimate of drug-likeness (QED) is 0.0290. The minimum atomic E-state index is -1.70. The molecular weight excluding hydrogens is 728 g/mol. The molecule has 7 N–H and O–H groups in total. The molecule has 56 heavy (non-hydrogen) atoms. The van der Waals surface area contributed by atoms with Gasteiger partial charge in [0.1, 0.15) is 54.9 Å². The molecule has 328 valence electrons. The van der Waals surface area contributed by atoms with E-state index in [0.29, 0.717) is 13.0 Å². The largest absolute Gasteiger partial charge is 0.457 e. The molecule has 2 saturated heterocycles. The van der Waals surface area contributed by atoms with Gasteiger partial charge < -0.3 is 64.2 Å². The van der Waals surface area contributed by atoms with Crippen molar-refractivity contribution in [2.45, 2.75) is 203 Å². The smallest absolute Gasteiger partial charge is 0.306 e. The van der Waals surface area contributed by atoms with Gasteiger partial charge in [0, 0.05) is 13.0 Å². The van der Waals surface area contributed by atoms with Crippen LogP contribution in [0.2, 0.25) is 0 Å². The van der Waals surface area contributed by atoms with Gasteiger partial charge in [-0.05, 0) is 44.9 Å². The number of ether oxygens (including phenoxy) is 6. The van der Waals surface area contributed by atoms with Gasteiger partial charge in [-0.2, -0.15) is 0 Å². The van der Waals surface area contributed by atoms with E-state index < -0.39 is 86.7 Å². The molecule has 0 bridgehead atoms. The molecule has 0 amide bonds. The van der Waals surface area contributed by atoms with E-state index in [1.165, 1.54) is 64.2 Å². The lowest BCUT2D eigenvalue weighted by Gasteiger charge is -2.42. The molecule has 2 heterocycles. The number of hydrogen-bond acceptors (Lipinski definition) is 14. The van der Waals surface area contributed by atoms with Crippen LogP contribution in [0, 0.1) is 0 Å². The number of aliphatic hydroxyl groups excluding tert-OH is 7. The lowest BCUT2D eigenvalue weighted by molar-refractivity contribution is -0.332. The van der Waals surface area contributed by atoms with Crippen molar-refractivity contribution < 1.29 is 69.0 Å². The minimum absolute atomic E-state index is 0.0565. The summed E-state index contributed by atoms with van der Waals surface area (Å²) < 4.78 is 33.8. The normalized spacial score (nSPS) is 29.0. The van der Waals surface area contributed by atoms with Gasteiger partial charge in [-0.15, -0.1) is 0 Å². The molecule has 2 fully saturated rings. The number of hydrogen-bond donors (Lipinski definition) is 7. The monoisotopic (exact) mass is 805 g/mol. The highest BCUT2D eigenvalue weighted by molar-refractivity contribution is 5.69. The second-order valence-electron chi connectivity index (χ2n) is 15.2. The number of carbonyl (C=O) groups is 1. The van der Waals surface area contributed by atoms with Crippen molar-refractivity contribution in [3.63, 3.8) is 0 Å². The molecule has 11 atom stereocenters. The van der Waals surface area contributed by atoms with E-state index in [0.717, 1.165) is 44.9 Å². The van der Waals surface area contributed by atoms with Gasteiger partial charge >= 0.3 is 5.97 Å². The van der Waals surface area contributed by atoms with Crippen molar-refractivity contribution in [1.29, 1.82) is 0 Å². The maximum Gasteiger partial charge on any atom is 0.306 e. The first-order valence-corrected chi connectivity index (χ1v) is 21.4. The summed E-state index contributed by atoms with van der Waals surface area (Å²) >= 11 is 0. The summed E-state index contributed by atoms with van der Waals surface area (Å²) in [5, 5.41) is 71.4. The Kier molecular flexibility index (Phi) is 28.4. The van der Waals surface area contributed by atoms with Crippen LogP contribution in [0.1, 0.15) is 136 Å². The second kappa shape index (κ2) is 31.4. The first kappa shape index (κ1) is 50.6. The fourth-order valence-corrected chi connectivity index (χ4v) is 6.61. The van der Waals surface area contributed by atoms with Gasteiger partial charge in [0.15, 0.2) is 12.6 Å². The minimum Gasteiger partial charge on any atom is -0.457 e. The molecule has 2 rings (SSSR count). The third kappa shape index (κ3) is 20.4. The molecule has 14 heteroatoms. The maximum atomic E-state index is 12.6. The Balaban J connectivity index is 1.69. The van der Waals surface area contributed by atoms with Crippen molar-refractivity contribution in [3.05, 3.63) is 24.3 Å². The molecule has 0 spiro atoms. The van der Waals surface area contributed by atoms with E-state index >= 15 is 0 Å². The predicted molar refractivity (Wildman–Crippen MR) is 210 cm³/mol. The Morgan fingerprint density at radius 2 is 1.11 bits per heavy atom. The zero-order chi connectivity index (χ0) is 41.0. The summed E-state index contributed by atoms with van der Waals surface area (Å²) in [6.45, 7) is 3.45. The van der Waals surface area contributed by atoms with E-state index in [2.05, 4.69) is 31.2 Å². The number of rotatable bonds is 32. The Morgan fingerprint density at radius 3 is 1.71 bits per heavy atom. The lowest BCUT2D eigenvalue weighted by atomic mass is 9.98. The first-order chi connectivity index (χ1) is 27.1. The number of carbonyl (C=O) groups excluding carboxylic acids is 1. The predicted octanol–water partition coefficient (Wildman–Crippen LogP) is 4.12. The second-order valence-corrected chi connectivity index (χ2v) is 15.2. The van der Waals surface area contributed by atoms with Crippen LogP contribution < -0.4 is 0 Å². The zero-order valence-electron chi connectivity index (χ0n) is 34.1. The molecule has 0 aromatic carbocycles. The highest BCUT2D eigenvalue weighted by Gasteiger charge is 2.47. The van der Waals surface area contributed by atoms with Crippen molar-refractivity contribution in [2.75, 3.05) is 33.0 Å². The third-order valence-electron chi connectivity index (χ3n) is 10.2. The van der Waals surface area contributed by atoms with Crippen LogP contribution in [0.25, 0.3) is 0 Å². The van der Waals surface area contributed by atoms with Crippen molar-refractivity contribution in [3.8, 4) is 0 Å². The SMILES string of the molecule is CCCCCC/C=C\C/C=C\CCCCCCCCCCOCC(COC1OC(COC2OC(CO)C(O)C(O)C2O)C(O)C(O)C1O)OC(=O)CCCCC. The van der Waals surface area contributed by atoms with Gasteiger partial charge in [0.2, 0.25) is 0 Å². The maximum absolute atomic E-state index is 12.6. The topological polar surface area (TPSA) is 214 Å². The molecule has 0 aromatic rings. The molecule has 0 radical (unpaired) electrons. The summed E-state index contributed by atoms with van der Waals surface area (Å²) in [6, 6.07) is 0. The van der Waals surface area contributed by atoms with Gasteiger partial charge in [-0.1, -0.05) is 109 Å². The van der Waals surface area contributed by atoms with Crippen LogP contribution in [0.5, 0.6) is 0 Å². The Morgan fingerprint density at radius 1 is 0.589 bits per heavy atom. The van der Waals surface area contributed by atoms with E-state index in [1.807, 2.05) is 6.92 Å². The van der Waals surface area contributed by atoms with E-state index in [1.54, 1.807) is 0 Å². The average Bonchev–Trinajstić information content (AvgIpc) is 3.19. The molecular formula is C42H76O14. The van der Waals surface area contributed by atoms with Crippen LogP contribution >= 0.6 is 0 Å². The first-order valence-electron chi connectivity index (χ1n) is 21.4. The summed E-state index contributed by atoms with van der Waals surface area (Å²) in [7, 11) is 0. The Bertz CT molecular complexity index is 1030. The molecule has 2 aliphatic rings. The van der Waals surface area contributed by atoms with Gasteiger partial charge in [-0.25, -0.2) is 0 Å². The molecule has 2 aliphatic heterocycles. The fourth-order valence-electron chi connectivity index (χ4n) is 6.61. The number of aliphatic hydroxyl groups is 7. The van der Waals surface area contributed by atoms with Gasteiger partial charge in [0.05, 0.1) is 26.4 Å². The zero-order valence-corrected chi connectivity index (χ0v) is 34.1. The van der Waals surface area contributed by atoms with E-state index in [9.17, 15) is 40.5 Å². The van der Waals surface area contributed by atoms with E-state index in [-0.39, 0.29) is 19.6 Å². The van der Waals surface area contributed by atoms with Crippen LogP contribution in [-0.4, -0.2) is 142 Å². The summed E-state index contributed by atoms with van der Waals surface area (Å²) in [6.07, 6.45) is 13.5. The summed E-state index contributed by atoms with van der Waals surface area (Å²) in [5.74, 6) is -0.404. The molecule has 0 saturated carbocycles. The number of esters is 1. The van der Waals surface area contributed by atoms with Crippen molar-refractivity contribution in [1.82, 2.24) is 0 Å². The molecule has 14 nitrogen and oxygen atoms in total. The van der Waals surface area contributed by atoms with E-state index in [4.69, 9.17) is 28.4 Å². The van der Waals surface area contributed by atoms with Crippen LogP contribution in [0.3, 0.4) is 0 Å². The Labute approximate surface area is 335 Å². The van der Waals surface area contributed by atoms with Gasteiger partial charge in [-0.3, -0.25) is 4.79 Å². The third-order valence-corrected chi connectivity index (χ3v) is 10.2. The molecule has 0 aromatic heterocycles. The standard InChI is InChI=1S/C42H76O14/c1-3-5-7-8-9-10-11-12-13-14-15-16-17-18-19-20-21-22-24-26-51-28-31(54-34(44)25-23-6-4-2)29-52-41-40(50)38(48)36(46)33(56-41)30-53-42-39(49)37(47)35(45)32(27-43)55-42/h10-11,13-14,31-33,35-43,45-50H,3-9,12,15-30H2,1-2H3/b11-10-,14-13-. The van der Waals surface area contributed by atoms with Crippen molar-refractivity contribution >= 4 is 5.97 Å².